The van der Waals surface area contributed by atoms with Gasteiger partial charge in [-0.3, -0.25) is 19.7 Å². The van der Waals surface area contributed by atoms with Crippen LogP contribution in [0.3, 0.4) is 0 Å². The van der Waals surface area contributed by atoms with Gasteiger partial charge >= 0.3 is 0 Å². The molecule has 1 saturated heterocycles. The number of thioether (sulfide) groups is 2. The molecule has 3 amide bonds. The Morgan fingerprint density at radius 2 is 1.75 bits per heavy atom. The van der Waals surface area contributed by atoms with Gasteiger partial charge in [0, 0.05) is 23.6 Å². The van der Waals surface area contributed by atoms with Crippen LogP contribution in [0.15, 0.2) is 59.5 Å². The Balaban J connectivity index is 1.34. The van der Waals surface area contributed by atoms with Crippen LogP contribution in [0.25, 0.3) is 0 Å². The Labute approximate surface area is 173 Å². The standard InChI is InChI=1S/C21H22N2O3S2/c24-19(11-13-27-17-4-2-1-3-5-17)22-12-10-15-6-8-16(9-7-15)14-18-20(25)23-21(26)28-18/h1-9,18H,10-14H2,(H,22,24)(H,23,25,26)/t18-/m0/s1. The van der Waals surface area contributed by atoms with Crippen molar-refractivity contribution in [1.29, 1.82) is 0 Å². The summed E-state index contributed by atoms with van der Waals surface area (Å²) >= 11 is 2.73. The second-order valence-corrected chi connectivity index (χ2v) is 8.76. The molecule has 0 bridgehead atoms. The minimum Gasteiger partial charge on any atom is -0.356 e. The van der Waals surface area contributed by atoms with Gasteiger partial charge in [0.05, 0.1) is 5.25 Å². The molecular formula is C21H22N2O3S2. The fourth-order valence-electron chi connectivity index (χ4n) is 2.80. The van der Waals surface area contributed by atoms with Crippen LogP contribution in [0.4, 0.5) is 4.79 Å². The molecule has 7 heteroatoms. The summed E-state index contributed by atoms with van der Waals surface area (Å²) in [6, 6.07) is 18.0. The summed E-state index contributed by atoms with van der Waals surface area (Å²) in [5, 5.41) is 4.64. The third kappa shape index (κ3) is 6.42. The van der Waals surface area contributed by atoms with Crippen LogP contribution < -0.4 is 10.6 Å². The first kappa shape index (κ1) is 20.5. The fourth-order valence-corrected chi connectivity index (χ4v) is 4.53. The lowest BCUT2D eigenvalue weighted by Crippen LogP contribution is -2.26. The van der Waals surface area contributed by atoms with Gasteiger partial charge in [0.25, 0.3) is 5.24 Å². The maximum absolute atomic E-state index is 11.9. The molecule has 0 aromatic heterocycles. The lowest BCUT2D eigenvalue weighted by Gasteiger charge is -2.08. The predicted molar refractivity (Wildman–Crippen MR) is 114 cm³/mol. The van der Waals surface area contributed by atoms with E-state index in [-0.39, 0.29) is 22.3 Å². The molecule has 0 radical (unpaired) electrons. The van der Waals surface area contributed by atoms with Gasteiger partial charge in [-0.2, -0.15) is 0 Å². The number of imide groups is 1. The van der Waals surface area contributed by atoms with Crippen molar-refractivity contribution in [3.05, 3.63) is 65.7 Å². The van der Waals surface area contributed by atoms with Gasteiger partial charge < -0.3 is 5.32 Å². The number of hydrogen-bond acceptors (Lipinski definition) is 5. The molecule has 0 spiro atoms. The minimum atomic E-state index is -0.341. The first-order chi connectivity index (χ1) is 13.6. The molecule has 0 unspecified atom stereocenters. The molecule has 1 heterocycles. The molecule has 1 aliphatic rings. The monoisotopic (exact) mass is 414 g/mol. The first-order valence-electron chi connectivity index (χ1n) is 9.14. The second-order valence-electron chi connectivity index (χ2n) is 6.42. The lowest BCUT2D eigenvalue weighted by atomic mass is 10.1. The largest absolute Gasteiger partial charge is 0.356 e. The van der Waals surface area contributed by atoms with Crippen LogP contribution in [-0.2, 0) is 22.4 Å². The van der Waals surface area contributed by atoms with E-state index < -0.39 is 0 Å². The van der Waals surface area contributed by atoms with Crippen molar-refractivity contribution in [3.63, 3.8) is 0 Å². The van der Waals surface area contributed by atoms with Crippen LogP contribution in [0.5, 0.6) is 0 Å². The first-order valence-corrected chi connectivity index (χ1v) is 11.0. The van der Waals surface area contributed by atoms with Crippen molar-refractivity contribution in [2.45, 2.75) is 29.4 Å². The highest BCUT2D eigenvalue weighted by atomic mass is 32.2. The van der Waals surface area contributed by atoms with Crippen LogP contribution in [0, 0.1) is 0 Å². The third-order valence-electron chi connectivity index (χ3n) is 4.29. The zero-order chi connectivity index (χ0) is 19.8. The molecule has 3 rings (SSSR count). The van der Waals surface area contributed by atoms with E-state index in [2.05, 4.69) is 10.6 Å². The van der Waals surface area contributed by atoms with Gasteiger partial charge in [-0.15, -0.1) is 11.8 Å². The van der Waals surface area contributed by atoms with E-state index in [1.54, 1.807) is 11.8 Å². The maximum Gasteiger partial charge on any atom is 0.286 e. The Morgan fingerprint density at radius 3 is 2.43 bits per heavy atom. The van der Waals surface area contributed by atoms with Crippen molar-refractivity contribution >= 4 is 40.6 Å². The molecule has 2 aromatic carbocycles. The van der Waals surface area contributed by atoms with Crippen molar-refractivity contribution in [2.24, 2.45) is 0 Å². The van der Waals surface area contributed by atoms with E-state index in [9.17, 15) is 14.4 Å². The summed E-state index contributed by atoms with van der Waals surface area (Å²) in [7, 11) is 0. The lowest BCUT2D eigenvalue weighted by molar-refractivity contribution is -0.121. The van der Waals surface area contributed by atoms with E-state index in [0.29, 0.717) is 19.4 Å². The highest BCUT2D eigenvalue weighted by Crippen LogP contribution is 2.23. The number of amides is 3. The van der Waals surface area contributed by atoms with Gasteiger partial charge in [0.2, 0.25) is 11.8 Å². The van der Waals surface area contributed by atoms with Crippen LogP contribution >= 0.6 is 23.5 Å². The number of rotatable bonds is 9. The highest BCUT2D eigenvalue weighted by Gasteiger charge is 2.31. The number of nitrogens with one attached hydrogen (secondary N) is 2. The topological polar surface area (TPSA) is 75.3 Å². The summed E-state index contributed by atoms with van der Waals surface area (Å²) in [5.74, 6) is 0.612. The average Bonchev–Trinajstić information content (AvgIpc) is 3.01. The summed E-state index contributed by atoms with van der Waals surface area (Å²) in [6.45, 7) is 0.601. The van der Waals surface area contributed by atoms with Crippen LogP contribution in [0.2, 0.25) is 0 Å². The van der Waals surface area contributed by atoms with Gasteiger partial charge in [-0.1, -0.05) is 54.2 Å². The maximum atomic E-state index is 11.9. The molecule has 0 aliphatic carbocycles. The number of carbonyl (C=O) groups is 3. The Hall–Kier alpha value is -2.25. The van der Waals surface area contributed by atoms with E-state index >= 15 is 0 Å². The SMILES string of the molecule is O=C(CCSc1ccccc1)NCCc1ccc(C[C@@H]2SC(=O)NC2=O)cc1. The molecule has 1 atom stereocenters. The smallest absolute Gasteiger partial charge is 0.286 e. The average molecular weight is 415 g/mol. The predicted octanol–water partition coefficient (Wildman–Crippen LogP) is 3.42. The van der Waals surface area contributed by atoms with Crippen molar-refractivity contribution < 1.29 is 14.4 Å². The van der Waals surface area contributed by atoms with Crippen molar-refractivity contribution in [1.82, 2.24) is 10.6 Å². The molecule has 2 aromatic rings. The Bertz CT molecular complexity index is 825. The van der Waals surface area contributed by atoms with Gasteiger partial charge in [0.1, 0.15) is 0 Å². The molecule has 0 saturated carbocycles. The molecule has 5 nitrogen and oxygen atoms in total. The van der Waals surface area contributed by atoms with Gasteiger partial charge in [-0.05, 0) is 36.1 Å². The van der Waals surface area contributed by atoms with Crippen molar-refractivity contribution in [2.75, 3.05) is 12.3 Å². The Kier molecular flexibility index (Phi) is 7.56. The number of hydrogen-bond donors (Lipinski definition) is 2. The zero-order valence-electron chi connectivity index (χ0n) is 15.4. The summed E-state index contributed by atoms with van der Waals surface area (Å²) in [5.41, 5.74) is 2.15. The van der Waals surface area contributed by atoms with Crippen LogP contribution in [-0.4, -0.2) is 34.6 Å². The van der Waals surface area contributed by atoms with Crippen molar-refractivity contribution in [3.8, 4) is 0 Å². The summed E-state index contributed by atoms with van der Waals surface area (Å²) < 4.78 is 0. The Morgan fingerprint density at radius 1 is 1.04 bits per heavy atom. The fraction of sp³-hybridized carbons (Fsp3) is 0.286. The minimum absolute atomic E-state index is 0.0639. The molecule has 1 aliphatic heterocycles. The molecule has 146 valence electrons. The molecular weight excluding hydrogens is 392 g/mol. The number of carbonyl (C=O) groups excluding carboxylic acids is 3. The second kappa shape index (κ2) is 10.3. The van der Waals surface area contributed by atoms with E-state index in [1.807, 2.05) is 54.6 Å². The normalized spacial score (nSPS) is 16.1. The molecule has 28 heavy (non-hydrogen) atoms. The third-order valence-corrected chi connectivity index (χ3v) is 6.28. The quantitative estimate of drug-likeness (QED) is 0.615. The summed E-state index contributed by atoms with van der Waals surface area (Å²) in [6.07, 6.45) is 1.80. The zero-order valence-corrected chi connectivity index (χ0v) is 17.0. The van der Waals surface area contributed by atoms with E-state index in [4.69, 9.17) is 0 Å². The molecule has 2 N–H and O–H groups in total. The van der Waals surface area contributed by atoms with E-state index in [1.165, 1.54) is 4.90 Å². The summed E-state index contributed by atoms with van der Waals surface area (Å²) in [4.78, 5) is 35.9. The molecule has 1 fully saturated rings. The van der Waals surface area contributed by atoms with Gasteiger partial charge in [-0.25, -0.2) is 0 Å². The van der Waals surface area contributed by atoms with Crippen LogP contribution in [0.1, 0.15) is 17.5 Å². The number of benzene rings is 2. The van der Waals surface area contributed by atoms with Gasteiger partial charge in [0.15, 0.2) is 0 Å². The highest BCUT2D eigenvalue weighted by molar-refractivity contribution is 8.15. The van der Waals surface area contributed by atoms with E-state index in [0.717, 1.165) is 35.1 Å².